The lowest BCUT2D eigenvalue weighted by atomic mass is 10.1. The Labute approximate surface area is 94.1 Å². The molecule has 0 bridgehead atoms. The van der Waals surface area contributed by atoms with E-state index in [-0.39, 0.29) is 0 Å². The predicted molar refractivity (Wildman–Crippen MR) is 58.6 cm³/mol. The fourth-order valence-electron chi connectivity index (χ4n) is 1.92. The number of aromatic amines is 1. The van der Waals surface area contributed by atoms with Gasteiger partial charge in [0.25, 0.3) is 0 Å². The van der Waals surface area contributed by atoms with Crippen LogP contribution in [0.25, 0.3) is 21.8 Å². The highest BCUT2D eigenvalue weighted by Gasteiger charge is 2.30. The molecule has 0 atom stereocenters. The van der Waals surface area contributed by atoms with Crippen LogP contribution in [0.4, 0.5) is 13.2 Å². The van der Waals surface area contributed by atoms with Crippen molar-refractivity contribution in [3.8, 4) is 0 Å². The van der Waals surface area contributed by atoms with Gasteiger partial charge in [0, 0.05) is 34.2 Å². The lowest BCUT2D eigenvalue weighted by Crippen LogP contribution is -2.03. The van der Waals surface area contributed by atoms with Crippen molar-refractivity contribution in [2.45, 2.75) is 6.18 Å². The van der Waals surface area contributed by atoms with Crippen molar-refractivity contribution in [3.05, 3.63) is 42.2 Å². The molecule has 0 saturated heterocycles. The van der Waals surface area contributed by atoms with Crippen LogP contribution in [-0.4, -0.2) is 9.97 Å². The fourth-order valence-corrected chi connectivity index (χ4v) is 1.92. The Morgan fingerprint density at radius 2 is 1.82 bits per heavy atom. The van der Waals surface area contributed by atoms with Gasteiger partial charge < -0.3 is 4.98 Å². The van der Waals surface area contributed by atoms with E-state index in [2.05, 4.69) is 9.97 Å². The predicted octanol–water partition coefficient (Wildman–Crippen LogP) is 3.73. The zero-order valence-corrected chi connectivity index (χ0v) is 8.55. The highest BCUT2D eigenvalue weighted by molar-refractivity contribution is 6.06. The standard InChI is InChI=1S/C12H7F3N2/c13-12(14,15)7-1-2-8-9-6-16-4-3-10(9)17-11(8)5-7/h1-6,17H. The summed E-state index contributed by atoms with van der Waals surface area (Å²) >= 11 is 0. The van der Waals surface area contributed by atoms with Gasteiger partial charge in [-0.3, -0.25) is 4.98 Å². The number of hydrogen-bond acceptors (Lipinski definition) is 1. The number of hydrogen-bond donors (Lipinski definition) is 1. The summed E-state index contributed by atoms with van der Waals surface area (Å²) in [6.45, 7) is 0. The largest absolute Gasteiger partial charge is 0.416 e. The SMILES string of the molecule is FC(F)(F)c1ccc2c(c1)[nH]c1ccncc12. The minimum absolute atomic E-state index is 0.475. The van der Waals surface area contributed by atoms with Crippen molar-refractivity contribution >= 4 is 21.8 Å². The molecule has 86 valence electrons. The van der Waals surface area contributed by atoms with E-state index in [0.29, 0.717) is 5.52 Å². The van der Waals surface area contributed by atoms with Gasteiger partial charge in [-0.15, -0.1) is 0 Å². The van der Waals surface area contributed by atoms with Crippen LogP contribution in [0, 0.1) is 0 Å². The number of alkyl halides is 3. The van der Waals surface area contributed by atoms with Gasteiger partial charge in [0.1, 0.15) is 0 Å². The zero-order valence-electron chi connectivity index (χ0n) is 8.55. The van der Waals surface area contributed by atoms with Crippen molar-refractivity contribution in [3.63, 3.8) is 0 Å². The van der Waals surface area contributed by atoms with Gasteiger partial charge in [0.05, 0.1) is 5.56 Å². The third-order valence-electron chi connectivity index (χ3n) is 2.73. The fraction of sp³-hybridized carbons (Fsp3) is 0.0833. The minimum Gasteiger partial charge on any atom is -0.354 e. The average Bonchev–Trinajstić information content (AvgIpc) is 2.65. The summed E-state index contributed by atoms with van der Waals surface area (Å²) in [4.78, 5) is 6.91. The van der Waals surface area contributed by atoms with Crippen LogP contribution in [0.5, 0.6) is 0 Å². The molecule has 2 heterocycles. The number of pyridine rings is 1. The summed E-state index contributed by atoms with van der Waals surface area (Å²) in [5.41, 5.74) is 0.613. The normalized spacial score (nSPS) is 12.4. The van der Waals surface area contributed by atoms with Gasteiger partial charge in [-0.05, 0) is 18.2 Å². The molecule has 1 N–H and O–H groups in total. The van der Waals surface area contributed by atoms with Crippen molar-refractivity contribution in [1.29, 1.82) is 0 Å². The van der Waals surface area contributed by atoms with Gasteiger partial charge in [0.15, 0.2) is 0 Å². The van der Waals surface area contributed by atoms with Crippen LogP contribution in [0.3, 0.4) is 0 Å². The molecule has 0 amide bonds. The van der Waals surface area contributed by atoms with Crippen LogP contribution in [0.1, 0.15) is 5.56 Å². The van der Waals surface area contributed by atoms with Gasteiger partial charge in [-0.1, -0.05) is 6.07 Å². The number of nitrogens with zero attached hydrogens (tertiary/aromatic N) is 1. The molecule has 2 aromatic heterocycles. The lowest BCUT2D eigenvalue weighted by Gasteiger charge is -2.05. The maximum absolute atomic E-state index is 12.5. The van der Waals surface area contributed by atoms with Gasteiger partial charge >= 0.3 is 6.18 Å². The highest BCUT2D eigenvalue weighted by Crippen LogP contribution is 2.33. The molecule has 0 unspecified atom stereocenters. The van der Waals surface area contributed by atoms with E-state index in [1.54, 1.807) is 18.5 Å². The maximum atomic E-state index is 12.5. The second-order valence-corrected chi connectivity index (χ2v) is 3.80. The summed E-state index contributed by atoms with van der Waals surface area (Å²) in [5.74, 6) is 0. The molecule has 0 aliphatic heterocycles. The van der Waals surface area contributed by atoms with Crippen molar-refractivity contribution in [2.24, 2.45) is 0 Å². The number of H-pyrrole nitrogens is 1. The first-order valence-corrected chi connectivity index (χ1v) is 4.98. The number of halogens is 3. The molecule has 0 fully saturated rings. The molecule has 0 aliphatic rings. The Morgan fingerprint density at radius 1 is 1.00 bits per heavy atom. The van der Waals surface area contributed by atoms with Crippen molar-refractivity contribution in [2.75, 3.05) is 0 Å². The molecule has 0 spiro atoms. The Bertz CT molecular complexity index is 698. The first-order chi connectivity index (χ1) is 8.05. The number of fused-ring (bicyclic) bond motifs is 3. The van der Waals surface area contributed by atoms with E-state index in [0.717, 1.165) is 28.4 Å². The molecule has 17 heavy (non-hydrogen) atoms. The van der Waals surface area contributed by atoms with Crippen LogP contribution in [0.2, 0.25) is 0 Å². The maximum Gasteiger partial charge on any atom is 0.416 e. The van der Waals surface area contributed by atoms with E-state index in [4.69, 9.17) is 0 Å². The van der Waals surface area contributed by atoms with Crippen LogP contribution in [0.15, 0.2) is 36.7 Å². The quantitative estimate of drug-likeness (QED) is 0.632. The Kier molecular flexibility index (Phi) is 1.92. The molecular formula is C12H7F3N2. The molecule has 0 saturated carbocycles. The van der Waals surface area contributed by atoms with E-state index in [1.165, 1.54) is 6.07 Å². The molecule has 0 radical (unpaired) electrons. The molecule has 0 aliphatic carbocycles. The summed E-state index contributed by atoms with van der Waals surface area (Å²) in [6, 6.07) is 5.42. The summed E-state index contributed by atoms with van der Waals surface area (Å²) in [5, 5.41) is 1.58. The third-order valence-corrected chi connectivity index (χ3v) is 2.73. The van der Waals surface area contributed by atoms with Crippen molar-refractivity contribution in [1.82, 2.24) is 9.97 Å². The van der Waals surface area contributed by atoms with Gasteiger partial charge in [-0.25, -0.2) is 0 Å². The number of aromatic nitrogens is 2. The molecule has 2 nitrogen and oxygen atoms in total. The summed E-state index contributed by atoms with van der Waals surface area (Å²) in [7, 11) is 0. The van der Waals surface area contributed by atoms with Gasteiger partial charge in [-0.2, -0.15) is 13.2 Å². The topological polar surface area (TPSA) is 28.7 Å². The lowest BCUT2D eigenvalue weighted by molar-refractivity contribution is -0.137. The van der Waals surface area contributed by atoms with Crippen LogP contribution in [-0.2, 0) is 6.18 Å². The van der Waals surface area contributed by atoms with E-state index in [1.807, 2.05) is 0 Å². The number of nitrogens with one attached hydrogen (secondary N) is 1. The number of benzene rings is 1. The summed E-state index contributed by atoms with van der Waals surface area (Å²) < 4.78 is 37.6. The zero-order chi connectivity index (χ0) is 12.0. The average molecular weight is 236 g/mol. The summed E-state index contributed by atoms with van der Waals surface area (Å²) in [6.07, 6.45) is -1.08. The highest BCUT2D eigenvalue weighted by atomic mass is 19.4. The molecular weight excluding hydrogens is 229 g/mol. The van der Waals surface area contributed by atoms with E-state index < -0.39 is 11.7 Å². The first kappa shape index (κ1) is 10.1. The van der Waals surface area contributed by atoms with E-state index >= 15 is 0 Å². The second kappa shape index (κ2) is 3.23. The van der Waals surface area contributed by atoms with Crippen LogP contribution < -0.4 is 0 Å². The Morgan fingerprint density at radius 3 is 2.59 bits per heavy atom. The first-order valence-electron chi connectivity index (χ1n) is 4.98. The van der Waals surface area contributed by atoms with Crippen molar-refractivity contribution < 1.29 is 13.2 Å². The van der Waals surface area contributed by atoms with Crippen LogP contribution >= 0.6 is 0 Å². The molecule has 3 rings (SSSR count). The minimum atomic E-state index is -4.32. The molecule has 1 aromatic carbocycles. The third kappa shape index (κ3) is 1.54. The molecule has 3 aromatic rings. The molecule has 5 heteroatoms. The monoisotopic (exact) mass is 236 g/mol. The Hall–Kier alpha value is -2.04. The van der Waals surface area contributed by atoms with Gasteiger partial charge in [0.2, 0.25) is 0 Å². The Balaban J connectivity index is 2.34. The second-order valence-electron chi connectivity index (χ2n) is 3.80. The van der Waals surface area contributed by atoms with E-state index in [9.17, 15) is 13.2 Å². The number of rotatable bonds is 0. The smallest absolute Gasteiger partial charge is 0.354 e.